The number of nitrogens with zero attached hydrogens (tertiary/aromatic N) is 1. The minimum atomic E-state index is 0.428. The van der Waals surface area contributed by atoms with Crippen molar-refractivity contribution in [2.75, 3.05) is 32.7 Å². The van der Waals surface area contributed by atoms with Gasteiger partial charge in [-0.15, -0.1) is 0 Å². The number of rotatable bonds is 8. The normalized spacial score (nSPS) is 19.1. The first kappa shape index (κ1) is 18.3. The molecule has 1 saturated carbocycles. The van der Waals surface area contributed by atoms with Gasteiger partial charge in [0.2, 0.25) is 0 Å². The van der Waals surface area contributed by atoms with Gasteiger partial charge in [-0.05, 0) is 24.1 Å². The lowest BCUT2D eigenvalue weighted by Crippen LogP contribution is -2.33. The van der Waals surface area contributed by atoms with Crippen molar-refractivity contribution < 1.29 is 9.47 Å². The second-order valence-corrected chi connectivity index (χ2v) is 6.42. The number of hydrogen-bond acceptors (Lipinski definition) is 3. The lowest BCUT2D eigenvalue weighted by Gasteiger charge is -2.13. The maximum Gasteiger partial charge on any atom is 0.195 e. The van der Waals surface area contributed by atoms with E-state index in [1.807, 2.05) is 24.3 Å². The number of methoxy groups -OCH3 is 1. The molecule has 2 unspecified atom stereocenters. The van der Waals surface area contributed by atoms with E-state index in [1.54, 1.807) is 14.2 Å². The molecule has 2 aromatic rings. The molecule has 26 heavy (non-hydrogen) atoms. The topological polar surface area (TPSA) is 54.9 Å². The molecule has 2 aromatic carbocycles. The highest BCUT2D eigenvalue weighted by Crippen LogP contribution is 2.40. The number of guanidine groups is 1. The second kappa shape index (κ2) is 9.25. The molecule has 0 bridgehead atoms. The third kappa shape index (κ3) is 5.23. The van der Waals surface area contributed by atoms with Crippen molar-refractivity contribution in [1.82, 2.24) is 5.32 Å². The van der Waals surface area contributed by atoms with Crippen molar-refractivity contribution in [2.45, 2.75) is 24.8 Å². The van der Waals surface area contributed by atoms with E-state index in [2.05, 4.69) is 46.0 Å². The van der Waals surface area contributed by atoms with Crippen LogP contribution in [0.2, 0.25) is 0 Å². The van der Waals surface area contributed by atoms with Gasteiger partial charge >= 0.3 is 0 Å². The zero-order chi connectivity index (χ0) is 18.2. The number of ether oxygens (including phenoxy) is 2. The Kier molecular flexibility index (Phi) is 6.50. The predicted octanol–water partition coefficient (Wildman–Crippen LogP) is 3.65. The third-order valence-electron chi connectivity index (χ3n) is 4.42. The summed E-state index contributed by atoms with van der Waals surface area (Å²) in [4.78, 5) is 4.34. The Bertz CT molecular complexity index is 718. The maximum atomic E-state index is 5.75. The summed E-state index contributed by atoms with van der Waals surface area (Å²) < 4.78 is 10.8. The summed E-state index contributed by atoms with van der Waals surface area (Å²) in [5.41, 5.74) is 2.34. The Morgan fingerprint density at radius 2 is 1.96 bits per heavy atom. The van der Waals surface area contributed by atoms with Gasteiger partial charge in [0.05, 0.1) is 6.61 Å². The van der Waals surface area contributed by atoms with E-state index in [4.69, 9.17) is 9.47 Å². The van der Waals surface area contributed by atoms with Crippen LogP contribution in [0.1, 0.15) is 24.3 Å². The molecule has 1 aliphatic carbocycles. The molecule has 0 aliphatic heterocycles. The van der Waals surface area contributed by atoms with Gasteiger partial charge in [-0.2, -0.15) is 0 Å². The first-order chi connectivity index (χ1) is 12.8. The Labute approximate surface area is 155 Å². The SMILES string of the molecule is CN=C(Nc1cccc(OCCCOC)c1)NC1CC1c1ccccc1. The van der Waals surface area contributed by atoms with Gasteiger partial charge < -0.3 is 20.1 Å². The van der Waals surface area contributed by atoms with E-state index < -0.39 is 0 Å². The van der Waals surface area contributed by atoms with Crippen LogP contribution >= 0.6 is 0 Å². The maximum absolute atomic E-state index is 5.75. The van der Waals surface area contributed by atoms with Crippen molar-refractivity contribution in [3.8, 4) is 5.75 Å². The number of aliphatic imine (C=N–C) groups is 1. The molecule has 5 nitrogen and oxygen atoms in total. The number of hydrogen-bond donors (Lipinski definition) is 2. The minimum absolute atomic E-state index is 0.428. The lowest BCUT2D eigenvalue weighted by molar-refractivity contribution is 0.172. The Balaban J connectivity index is 1.51. The highest BCUT2D eigenvalue weighted by atomic mass is 16.5. The van der Waals surface area contributed by atoms with Gasteiger partial charge in [-0.1, -0.05) is 36.4 Å². The van der Waals surface area contributed by atoms with Crippen LogP contribution in [0.5, 0.6) is 5.75 Å². The molecule has 0 spiro atoms. The van der Waals surface area contributed by atoms with Crippen LogP contribution in [-0.4, -0.2) is 39.4 Å². The summed E-state index contributed by atoms with van der Waals surface area (Å²) in [5, 5.41) is 6.85. The summed E-state index contributed by atoms with van der Waals surface area (Å²) in [6.45, 7) is 1.35. The molecule has 0 heterocycles. The highest BCUT2D eigenvalue weighted by molar-refractivity contribution is 5.94. The fourth-order valence-corrected chi connectivity index (χ4v) is 2.95. The molecule has 3 rings (SSSR count). The van der Waals surface area contributed by atoms with Crippen molar-refractivity contribution >= 4 is 11.6 Å². The molecular formula is C21H27N3O2. The van der Waals surface area contributed by atoms with Gasteiger partial charge in [-0.3, -0.25) is 4.99 Å². The van der Waals surface area contributed by atoms with E-state index in [0.29, 0.717) is 25.2 Å². The molecule has 0 amide bonds. The first-order valence-corrected chi connectivity index (χ1v) is 9.07. The van der Waals surface area contributed by atoms with Gasteiger partial charge in [0.15, 0.2) is 5.96 Å². The molecule has 0 aromatic heterocycles. The van der Waals surface area contributed by atoms with Crippen LogP contribution in [0.15, 0.2) is 59.6 Å². The molecule has 1 fully saturated rings. The average molecular weight is 353 g/mol. The van der Waals surface area contributed by atoms with Crippen LogP contribution in [0, 0.1) is 0 Å². The van der Waals surface area contributed by atoms with Crippen LogP contribution in [0.4, 0.5) is 5.69 Å². The summed E-state index contributed by atoms with van der Waals surface area (Å²) in [6.07, 6.45) is 2.01. The molecule has 0 saturated heterocycles. The van der Waals surface area contributed by atoms with Gasteiger partial charge in [-0.25, -0.2) is 0 Å². The van der Waals surface area contributed by atoms with Crippen molar-refractivity contribution in [2.24, 2.45) is 4.99 Å². The van der Waals surface area contributed by atoms with E-state index >= 15 is 0 Å². The minimum Gasteiger partial charge on any atom is -0.493 e. The third-order valence-corrected chi connectivity index (χ3v) is 4.42. The zero-order valence-corrected chi connectivity index (χ0v) is 15.4. The monoisotopic (exact) mass is 353 g/mol. The zero-order valence-electron chi connectivity index (χ0n) is 15.4. The fraction of sp³-hybridized carbons (Fsp3) is 0.381. The number of nitrogens with one attached hydrogen (secondary N) is 2. The van der Waals surface area contributed by atoms with Crippen molar-refractivity contribution in [3.05, 3.63) is 60.2 Å². The number of anilines is 1. The Hall–Kier alpha value is -2.53. The quantitative estimate of drug-likeness (QED) is 0.432. The van der Waals surface area contributed by atoms with E-state index in [1.165, 1.54) is 5.56 Å². The standard InChI is InChI=1S/C21H27N3O2/c1-22-21(24-20-15-19(20)16-8-4-3-5-9-16)23-17-10-6-11-18(14-17)26-13-7-12-25-2/h3-6,8-11,14,19-20H,7,12-13,15H2,1-2H3,(H2,22,23,24). The van der Waals surface area contributed by atoms with Gasteiger partial charge in [0.25, 0.3) is 0 Å². The van der Waals surface area contributed by atoms with Gasteiger partial charge in [0, 0.05) is 50.9 Å². The molecule has 1 aliphatic rings. The van der Waals surface area contributed by atoms with Gasteiger partial charge in [0.1, 0.15) is 5.75 Å². The van der Waals surface area contributed by atoms with Crippen molar-refractivity contribution in [3.63, 3.8) is 0 Å². The van der Waals surface area contributed by atoms with Crippen LogP contribution < -0.4 is 15.4 Å². The largest absolute Gasteiger partial charge is 0.493 e. The fourth-order valence-electron chi connectivity index (χ4n) is 2.95. The summed E-state index contributed by atoms with van der Waals surface area (Å²) in [5.74, 6) is 2.19. The molecule has 138 valence electrons. The molecular weight excluding hydrogens is 326 g/mol. The molecule has 2 atom stereocenters. The highest BCUT2D eigenvalue weighted by Gasteiger charge is 2.38. The number of benzene rings is 2. The smallest absolute Gasteiger partial charge is 0.195 e. The van der Waals surface area contributed by atoms with E-state index in [0.717, 1.165) is 30.2 Å². The van der Waals surface area contributed by atoms with E-state index in [9.17, 15) is 0 Å². The Morgan fingerprint density at radius 1 is 1.12 bits per heavy atom. The summed E-state index contributed by atoms with van der Waals surface area (Å²) >= 11 is 0. The van der Waals surface area contributed by atoms with Crippen molar-refractivity contribution in [1.29, 1.82) is 0 Å². The predicted molar refractivity (Wildman–Crippen MR) is 106 cm³/mol. The van der Waals surface area contributed by atoms with Crippen LogP contribution in [-0.2, 0) is 4.74 Å². The van der Waals surface area contributed by atoms with E-state index in [-0.39, 0.29) is 0 Å². The molecule has 2 N–H and O–H groups in total. The second-order valence-electron chi connectivity index (χ2n) is 6.42. The molecule has 5 heteroatoms. The van der Waals surface area contributed by atoms with Crippen LogP contribution in [0.3, 0.4) is 0 Å². The summed E-state index contributed by atoms with van der Waals surface area (Å²) in [7, 11) is 3.49. The lowest BCUT2D eigenvalue weighted by atomic mass is 10.1. The average Bonchev–Trinajstić information content (AvgIpc) is 3.45. The van der Waals surface area contributed by atoms with Crippen LogP contribution in [0.25, 0.3) is 0 Å². The molecule has 0 radical (unpaired) electrons. The summed E-state index contributed by atoms with van der Waals surface area (Å²) in [6, 6.07) is 19.0. The Morgan fingerprint density at radius 3 is 2.73 bits per heavy atom. The first-order valence-electron chi connectivity index (χ1n) is 9.07.